The topological polar surface area (TPSA) is 81.9 Å². The lowest BCUT2D eigenvalue weighted by Crippen LogP contribution is -2.45. The molecule has 0 aliphatic carbocycles. The van der Waals surface area contributed by atoms with Crippen molar-refractivity contribution in [3.05, 3.63) is 23.8 Å². The van der Waals surface area contributed by atoms with Crippen LogP contribution in [0.5, 0.6) is 11.5 Å². The van der Waals surface area contributed by atoms with E-state index in [1.165, 1.54) is 14.0 Å². The van der Waals surface area contributed by atoms with Gasteiger partial charge in [-0.2, -0.15) is 0 Å². The van der Waals surface area contributed by atoms with Gasteiger partial charge in [0, 0.05) is 31.1 Å². The van der Waals surface area contributed by atoms with E-state index >= 15 is 0 Å². The van der Waals surface area contributed by atoms with Gasteiger partial charge in [0.15, 0.2) is 17.3 Å². The van der Waals surface area contributed by atoms with E-state index in [-0.39, 0.29) is 17.7 Å². The quantitative estimate of drug-likeness (QED) is 0.609. The minimum atomic E-state index is -0.0230. The molecule has 1 aliphatic heterocycles. The number of hydrogen-bond acceptors (Lipinski definition) is 5. The zero-order valence-electron chi connectivity index (χ0n) is 14.4. The number of rotatable bonds is 7. The van der Waals surface area contributed by atoms with E-state index in [1.54, 1.807) is 18.2 Å². The zero-order chi connectivity index (χ0) is 17.5. The highest BCUT2D eigenvalue weighted by atomic mass is 16.5. The van der Waals surface area contributed by atoms with Gasteiger partial charge in [0.25, 0.3) is 0 Å². The van der Waals surface area contributed by atoms with Crippen LogP contribution in [0.4, 0.5) is 0 Å². The highest BCUT2D eigenvalue weighted by Gasteiger charge is 2.20. The van der Waals surface area contributed by atoms with E-state index < -0.39 is 0 Å². The van der Waals surface area contributed by atoms with Crippen molar-refractivity contribution < 1.29 is 19.1 Å². The molecule has 132 valence electrons. The molecule has 1 amide bonds. The Bertz CT molecular complexity index is 588. The molecule has 1 aliphatic rings. The summed E-state index contributed by atoms with van der Waals surface area (Å²) in [5.74, 6) is 1.21. The normalized spacial score (nSPS) is 17.5. The summed E-state index contributed by atoms with van der Waals surface area (Å²) in [6.45, 7) is 3.38. The van der Waals surface area contributed by atoms with Crippen LogP contribution in [0, 0.1) is 0 Å². The summed E-state index contributed by atoms with van der Waals surface area (Å²) in [7, 11) is 1.54. The molecule has 6 heteroatoms. The lowest BCUT2D eigenvalue weighted by molar-refractivity contribution is -0.132. The highest BCUT2D eigenvalue weighted by molar-refractivity contribution is 5.94. The number of nitrogens with two attached hydrogens (primary N) is 1. The minimum absolute atomic E-state index is 0.0230. The van der Waals surface area contributed by atoms with Crippen molar-refractivity contribution in [2.45, 2.75) is 38.6 Å². The van der Waals surface area contributed by atoms with Crippen LogP contribution in [0.1, 0.15) is 43.0 Å². The Hall–Kier alpha value is -2.08. The van der Waals surface area contributed by atoms with Crippen molar-refractivity contribution in [2.75, 3.05) is 26.8 Å². The Morgan fingerprint density at radius 1 is 1.33 bits per heavy atom. The number of amides is 1. The van der Waals surface area contributed by atoms with Crippen LogP contribution >= 0.6 is 0 Å². The first kappa shape index (κ1) is 18.3. The summed E-state index contributed by atoms with van der Waals surface area (Å²) >= 11 is 0. The summed E-state index contributed by atoms with van der Waals surface area (Å²) in [6.07, 6.45) is 3.04. The fourth-order valence-electron chi connectivity index (χ4n) is 2.81. The van der Waals surface area contributed by atoms with Gasteiger partial charge in [-0.3, -0.25) is 9.59 Å². The minimum Gasteiger partial charge on any atom is -0.493 e. The monoisotopic (exact) mass is 334 g/mol. The van der Waals surface area contributed by atoms with Crippen LogP contribution in [0.3, 0.4) is 0 Å². The van der Waals surface area contributed by atoms with Gasteiger partial charge in [-0.1, -0.05) is 0 Å². The second kappa shape index (κ2) is 8.68. The number of carbonyl (C=O) groups is 2. The summed E-state index contributed by atoms with van der Waals surface area (Å²) in [5, 5.41) is 0. The molecular formula is C18H26N2O4. The summed E-state index contributed by atoms with van der Waals surface area (Å²) < 4.78 is 10.9. The number of ketones is 1. The molecular weight excluding hydrogens is 308 g/mol. The molecule has 1 unspecified atom stereocenters. The molecule has 2 N–H and O–H groups in total. The van der Waals surface area contributed by atoms with Crippen molar-refractivity contribution in [3.8, 4) is 11.5 Å². The fraction of sp³-hybridized carbons (Fsp3) is 0.556. The van der Waals surface area contributed by atoms with Gasteiger partial charge in [0.05, 0.1) is 13.7 Å². The number of carbonyl (C=O) groups excluding carboxylic acids is 2. The first-order valence-corrected chi connectivity index (χ1v) is 8.36. The van der Waals surface area contributed by atoms with Gasteiger partial charge in [0.1, 0.15) is 0 Å². The third-order valence-corrected chi connectivity index (χ3v) is 4.17. The number of nitrogens with zero attached hydrogens (tertiary/aromatic N) is 1. The van der Waals surface area contributed by atoms with E-state index in [0.29, 0.717) is 43.1 Å². The highest BCUT2D eigenvalue weighted by Crippen LogP contribution is 2.28. The Morgan fingerprint density at radius 2 is 2.12 bits per heavy atom. The van der Waals surface area contributed by atoms with Gasteiger partial charge in [0.2, 0.25) is 5.91 Å². The molecule has 1 aromatic carbocycles. The molecule has 0 radical (unpaired) electrons. The lowest BCUT2D eigenvalue weighted by atomic mass is 10.1. The average molecular weight is 334 g/mol. The Morgan fingerprint density at radius 3 is 2.79 bits per heavy atom. The third-order valence-electron chi connectivity index (χ3n) is 4.17. The maximum atomic E-state index is 12.2. The number of ether oxygens (including phenoxy) is 2. The van der Waals surface area contributed by atoms with Crippen LogP contribution in [-0.4, -0.2) is 49.4 Å². The molecule has 1 fully saturated rings. The number of likely N-dealkylation sites (tertiary alicyclic amines) is 1. The number of Topliss-reactive ketones (excluding diaryl/α,β-unsaturated/α-hetero) is 1. The van der Waals surface area contributed by atoms with Crippen molar-refractivity contribution in [1.29, 1.82) is 0 Å². The number of piperidine rings is 1. The summed E-state index contributed by atoms with van der Waals surface area (Å²) in [5.41, 5.74) is 6.48. The zero-order valence-corrected chi connectivity index (χ0v) is 14.4. The van der Waals surface area contributed by atoms with Crippen LogP contribution in [0.25, 0.3) is 0 Å². The Balaban J connectivity index is 1.79. The molecule has 0 saturated carbocycles. The van der Waals surface area contributed by atoms with Crippen molar-refractivity contribution in [1.82, 2.24) is 4.90 Å². The van der Waals surface area contributed by atoms with Crippen molar-refractivity contribution in [3.63, 3.8) is 0 Å². The molecule has 6 nitrogen and oxygen atoms in total. The lowest BCUT2D eigenvalue weighted by Gasteiger charge is -2.30. The molecule has 0 bridgehead atoms. The van der Waals surface area contributed by atoms with Gasteiger partial charge in [-0.15, -0.1) is 0 Å². The van der Waals surface area contributed by atoms with Gasteiger partial charge >= 0.3 is 0 Å². The summed E-state index contributed by atoms with van der Waals surface area (Å²) in [6, 6.07) is 5.20. The SMILES string of the molecule is COc1cc(C(C)=O)ccc1OCCCC(=O)N1CCCC(N)C1. The second-order valence-electron chi connectivity index (χ2n) is 6.12. The Labute approximate surface area is 142 Å². The number of hydrogen-bond donors (Lipinski definition) is 1. The largest absolute Gasteiger partial charge is 0.493 e. The molecule has 1 atom stereocenters. The van der Waals surface area contributed by atoms with Crippen LogP contribution < -0.4 is 15.2 Å². The van der Waals surface area contributed by atoms with E-state index in [0.717, 1.165) is 19.4 Å². The van der Waals surface area contributed by atoms with E-state index in [9.17, 15) is 9.59 Å². The number of methoxy groups -OCH3 is 1. The Kier molecular flexibility index (Phi) is 6.61. The van der Waals surface area contributed by atoms with Crippen molar-refractivity contribution in [2.24, 2.45) is 5.73 Å². The van der Waals surface area contributed by atoms with E-state index in [4.69, 9.17) is 15.2 Å². The summed E-state index contributed by atoms with van der Waals surface area (Å²) in [4.78, 5) is 25.4. The van der Waals surface area contributed by atoms with Crippen molar-refractivity contribution >= 4 is 11.7 Å². The first-order chi connectivity index (χ1) is 11.5. The standard InChI is InChI=1S/C18H26N2O4/c1-13(21)14-7-8-16(17(11-14)23-2)24-10-4-6-18(22)20-9-3-5-15(19)12-20/h7-8,11,15H,3-6,9-10,12,19H2,1-2H3. The van der Waals surface area contributed by atoms with E-state index in [1.807, 2.05) is 4.90 Å². The predicted molar refractivity (Wildman–Crippen MR) is 91.5 cm³/mol. The maximum Gasteiger partial charge on any atom is 0.222 e. The predicted octanol–water partition coefficient (Wildman–Crippen LogP) is 2.01. The first-order valence-electron chi connectivity index (χ1n) is 8.36. The van der Waals surface area contributed by atoms with E-state index in [2.05, 4.69) is 0 Å². The third kappa shape index (κ3) is 4.96. The van der Waals surface area contributed by atoms with Crippen LogP contribution in [-0.2, 0) is 4.79 Å². The molecule has 1 aromatic rings. The molecule has 1 saturated heterocycles. The van der Waals surface area contributed by atoms with Gasteiger partial charge in [-0.05, 0) is 44.4 Å². The van der Waals surface area contributed by atoms with Crippen LogP contribution in [0.15, 0.2) is 18.2 Å². The fourth-order valence-corrected chi connectivity index (χ4v) is 2.81. The molecule has 0 aromatic heterocycles. The smallest absolute Gasteiger partial charge is 0.222 e. The van der Waals surface area contributed by atoms with Crippen LogP contribution in [0.2, 0.25) is 0 Å². The van der Waals surface area contributed by atoms with Gasteiger partial charge < -0.3 is 20.1 Å². The van der Waals surface area contributed by atoms with Gasteiger partial charge in [-0.25, -0.2) is 0 Å². The molecule has 1 heterocycles. The molecule has 2 rings (SSSR count). The molecule has 24 heavy (non-hydrogen) atoms. The molecule has 0 spiro atoms. The number of benzene rings is 1. The average Bonchev–Trinajstić information content (AvgIpc) is 2.58. The maximum absolute atomic E-state index is 12.2. The second-order valence-corrected chi connectivity index (χ2v) is 6.12.